The summed E-state index contributed by atoms with van der Waals surface area (Å²) in [5.41, 5.74) is 3.92. The molecule has 0 fully saturated rings. The lowest BCUT2D eigenvalue weighted by Crippen LogP contribution is -2.04. The summed E-state index contributed by atoms with van der Waals surface area (Å²) in [4.78, 5) is 9.80. The topological polar surface area (TPSA) is 18.5 Å². The summed E-state index contributed by atoms with van der Waals surface area (Å²) in [5, 5.41) is 0. The molecule has 0 spiro atoms. The van der Waals surface area contributed by atoms with E-state index in [4.69, 9.17) is 9.78 Å². The molecule has 67 valence electrons. The molecule has 1 radical (unpaired) electrons. The van der Waals surface area contributed by atoms with Crippen LogP contribution in [0.5, 0.6) is 0 Å². The quantitative estimate of drug-likeness (QED) is 0.280. The minimum absolute atomic E-state index is 0.550. The average Bonchev–Trinajstić information content (AvgIpc) is 2.64. The van der Waals surface area contributed by atoms with Crippen molar-refractivity contribution in [3.63, 3.8) is 0 Å². The molecule has 2 rings (SSSR count). The van der Waals surface area contributed by atoms with Gasteiger partial charge in [-0.15, -0.1) is 0 Å². The summed E-state index contributed by atoms with van der Waals surface area (Å²) in [6.07, 6.45) is 7.54. The van der Waals surface area contributed by atoms with Gasteiger partial charge in [-0.1, -0.05) is 29.2 Å². The maximum Gasteiger partial charge on any atom is 0.184 e. The standard InChI is InChI=1S/C10H12BO2/c1-2-12-13-7-9-6-8-4-3-5-10(8)11-9/h3-4,6H,2,5,7H2,1H3. The van der Waals surface area contributed by atoms with Gasteiger partial charge in [-0.25, -0.2) is 9.78 Å². The first kappa shape index (κ1) is 8.79. The Morgan fingerprint density at radius 2 is 2.38 bits per heavy atom. The number of hydrogen-bond acceptors (Lipinski definition) is 2. The Labute approximate surface area is 79.1 Å². The van der Waals surface area contributed by atoms with Gasteiger partial charge in [0.25, 0.3) is 0 Å². The summed E-state index contributed by atoms with van der Waals surface area (Å²) in [7, 11) is 2.17. The van der Waals surface area contributed by atoms with Crippen LogP contribution < -0.4 is 0 Å². The van der Waals surface area contributed by atoms with Crippen LogP contribution >= 0.6 is 0 Å². The molecule has 2 nitrogen and oxygen atoms in total. The summed E-state index contributed by atoms with van der Waals surface area (Å²) in [6, 6.07) is 0. The van der Waals surface area contributed by atoms with Crippen molar-refractivity contribution >= 4 is 7.28 Å². The Balaban J connectivity index is 1.82. The van der Waals surface area contributed by atoms with Crippen molar-refractivity contribution < 1.29 is 9.78 Å². The van der Waals surface area contributed by atoms with E-state index in [1.807, 2.05) is 6.92 Å². The van der Waals surface area contributed by atoms with Gasteiger partial charge in [0.15, 0.2) is 7.28 Å². The van der Waals surface area contributed by atoms with E-state index in [1.165, 1.54) is 16.5 Å². The second kappa shape index (κ2) is 3.94. The van der Waals surface area contributed by atoms with Gasteiger partial charge in [-0.2, -0.15) is 0 Å². The van der Waals surface area contributed by atoms with Gasteiger partial charge >= 0.3 is 0 Å². The monoisotopic (exact) mass is 175 g/mol. The van der Waals surface area contributed by atoms with Gasteiger partial charge < -0.3 is 0 Å². The maximum absolute atomic E-state index is 4.98. The van der Waals surface area contributed by atoms with Crippen molar-refractivity contribution in [2.75, 3.05) is 13.2 Å². The fourth-order valence-corrected chi connectivity index (χ4v) is 1.56. The zero-order valence-electron chi connectivity index (χ0n) is 7.75. The molecule has 1 aliphatic heterocycles. The zero-order chi connectivity index (χ0) is 9.10. The predicted molar refractivity (Wildman–Crippen MR) is 52.2 cm³/mol. The van der Waals surface area contributed by atoms with E-state index >= 15 is 0 Å². The molecule has 3 heteroatoms. The van der Waals surface area contributed by atoms with E-state index in [2.05, 4.69) is 25.5 Å². The molecule has 1 heterocycles. The Kier molecular flexibility index (Phi) is 2.66. The van der Waals surface area contributed by atoms with Crippen LogP contribution in [0.3, 0.4) is 0 Å². The molecule has 0 saturated carbocycles. The molecule has 0 unspecified atom stereocenters. The van der Waals surface area contributed by atoms with Gasteiger partial charge in [0.2, 0.25) is 0 Å². The minimum atomic E-state index is 0.550. The van der Waals surface area contributed by atoms with E-state index in [1.54, 1.807) is 0 Å². The molecule has 0 N–H and O–H groups in total. The van der Waals surface area contributed by atoms with Crippen LogP contribution in [-0.2, 0) is 9.78 Å². The minimum Gasteiger partial charge on any atom is -0.237 e. The van der Waals surface area contributed by atoms with Gasteiger partial charge in [-0.05, 0) is 18.9 Å². The first-order chi connectivity index (χ1) is 6.40. The van der Waals surface area contributed by atoms with Gasteiger partial charge in [0.1, 0.15) is 0 Å². The highest BCUT2D eigenvalue weighted by Gasteiger charge is 2.17. The fraction of sp³-hybridized carbons (Fsp3) is 0.400. The van der Waals surface area contributed by atoms with Crippen molar-refractivity contribution in [3.05, 3.63) is 34.7 Å². The van der Waals surface area contributed by atoms with Crippen molar-refractivity contribution in [2.45, 2.75) is 13.3 Å². The van der Waals surface area contributed by atoms with Crippen LogP contribution in [0.4, 0.5) is 0 Å². The molecule has 13 heavy (non-hydrogen) atoms. The fourth-order valence-electron chi connectivity index (χ4n) is 1.56. The molecule has 2 aliphatic rings. The number of hydrogen-bond donors (Lipinski definition) is 0. The molecule has 0 aromatic rings. The Morgan fingerprint density at radius 3 is 3.15 bits per heavy atom. The third kappa shape index (κ3) is 1.93. The molecule has 0 saturated heterocycles. The van der Waals surface area contributed by atoms with E-state index in [9.17, 15) is 0 Å². The van der Waals surface area contributed by atoms with Crippen molar-refractivity contribution in [2.24, 2.45) is 0 Å². The normalized spacial score (nSPS) is 19.0. The molecule has 0 atom stereocenters. The second-order valence-corrected chi connectivity index (χ2v) is 3.12. The van der Waals surface area contributed by atoms with Crippen LogP contribution in [0.15, 0.2) is 34.7 Å². The largest absolute Gasteiger partial charge is 0.237 e. The molecule has 0 amide bonds. The first-order valence-electron chi connectivity index (χ1n) is 4.59. The predicted octanol–water partition coefficient (Wildman–Crippen LogP) is 1.77. The Morgan fingerprint density at radius 1 is 1.46 bits per heavy atom. The van der Waals surface area contributed by atoms with E-state index in [0.29, 0.717) is 13.2 Å². The highest BCUT2D eigenvalue weighted by Crippen LogP contribution is 2.27. The molecular formula is C10H12BO2. The lowest BCUT2D eigenvalue weighted by Gasteiger charge is -2.02. The van der Waals surface area contributed by atoms with Crippen molar-refractivity contribution in [1.82, 2.24) is 0 Å². The second-order valence-electron chi connectivity index (χ2n) is 3.12. The first-order valence-corrected chi connectivity index (χ1v) is 4.59. The van der Waals surface area contributed by atoms with Crippen LogP contribution in [0.1, 0.15) is 13.3 Å². The lowest BCUT2D eigenvalue weighted by atomic mass is 9.65. The van der Waals surface area contributed by atoms with Crippen LogP contribution in [0.2, 0.25) is 0 Å². The van der Waals surface area contributed by atoms with Crippen LogP contribution in [0, 0.1) is 0 Å². The molecular weight excluding hydrogens is 163 g/mol. The van der Waals surface area contributed by atoms with Crippen LogP contribution in [-0.4, -0.2) is 20.5 Å². The van der Waals surface area contributed by atoms with Gasteiger partial charge in [-0.3, -0.25) is 0 Å². The SMILES string of the molecule is CCOOCC1=CC2=C([B]1)CC=C2. The summed E-state index contributed by atoms with van der Waals surface area (Å²) in [5.74, 6) is 0. The molecule has 1 aliphatic carbocycles. The maximum atomic E-state index is 4.98. The summed E-state index contributed by atoms with van der Waals surface area (Å²) >= 11 is 0. The summed E-state index contributed by atoms with van der Waals surface area (Å²) < 4.78 is 0. The molecule has 0 aromatic heterocycles. The third-order valence-corrected chi connectivity index (χ3v) is 2.13. The third-order valence-electron chi connectivity index (χ3n) is 2.13. The summed E-state index contributed by atoms with van der Waals surface area (Å²) in [6.45, 7) is 3.06. The smallest absolute Gasteiger partial charge is 0.184 e. The highest BCUT2D eigenvalue weighted by molar-refractivity contribution is 6.56. The van der Waals surface area contributed by atoms with Crippen LogP contribution in [0.25, 0.3) is 0 Å². The zero-order valence-corrected chi connectivity index (χ0v) is 7.75. The Hall–Kier alpha value is -0.795. The van der Waals surface area contributed by atoms with Gasteiger partial charge in [0, 0.05) is 0 Å². The molecule has 0 aromatic carbocycles. The van der Waals surface area contributed by atoms with Crippen molar-refractivity contribution in [1.29, 1.82) is 0 Å². The van der Waals surface area contributed by atoms with Gasteiger partial charge in [0.05, 0.1) is 13.2 Å². The Bertz CT molecular complexity index is 289. The van der Waals surface area contributed by atoms with Crippen molar-refractivity contribution in [3.8, 4) is 0 Å². The number of allylic oxidation sites excluding steroid dienone is 5. The molecule has 0 bridgehead atoms. The van der Waals surface area contributed by atoms with E-state index < -0.39 is 0 Å². The lowest BCUT2D eigenvalue weighted by molar-refractivity contribution is -0.283. The average molecular weight is 175 g/mol. The highest BCUT2D eigenvalue weighted by atomic mass is 17.2. The van der Waals surface area contributed by atoms with E-state index in [0.717, 1.165) is 6.42 Å². The van der Waals surface area contributed by atoms with E-state index in [-0.39, 0.29) is 0 Å². The number of rotatable bonds is 4.